The molecule has 1 heterocycles. The van der Waals surface area contributed by atoms with Gasteiger partial charge >= 0.3 is 0 Å². The van der Waals surface area contributed by atoms with Gasteiger partial charge in [0.25, 0.3) is 0 Å². The van der Waals surface area contributed by atoms with E-state index in [0.29, 0.717) is 17.3 Å². The van der Waals surface area contributed by atoms with Crippen LogP contribution in [0.1, 0.15) is 42.4 Å². The Morgan fingerprint density at radius 1 is 0.763 bits per heavy atom. The zero-order chi connectivity index (χ0) is 26.7. The first-order chi connectivity index (χ1) is 18.3. The van der Waals surface area contributed by atoms with Crippen LogP contribution in [-0.4, -0.2) is 17.8 Å². The van der Waals surface area contributed by atoms with Crippen LogP contribution in [0.4, 0.5) is 5.69 Å². The maximum absolute atomic E-state index is 13.8. The Labute approximate surface area is 224 Å². The lowest BCUT2D eigenvalue weighted by Gasteiger charge is -2.18. The maximum Gasteiger partial charge on any atom is 0.227 e. The molecule has 0 aliphatic rings. The number of benzene rings is 4. The molecule has 38 heavy (non-hydrogen) atoms. The van der Waals surface area contributed by atoms with Crippen molar-refractivity contribution >= 4 is 11.5 Å². The Hall–Kier alpha value is -4.44. The number of hydrogen-bond donors (Lipinski definition) is 1. The van der Waals surface area contributed by atoms with Gasteiger partial charge in [0.1, 0.15) is 0 Å². The van der Waals surface area contributed by atoms with Gasteiger partial charge in [-0.05, 0) is 64.1 Å². The zero-order valence-corrected chi connectivity index (χ0v) is 22.3. The van der Waals surface area contributed by atoms with Crippen molar-refractivity contribution in [2.75, 3.05) is 12.4 Å². The highest BCUT2D eigenvalue weighted by atomic mass is 16.4. The van der Waals surface area contributed by atoms with Gasteiger partial charge in [-0.25, -0.2) is 4.98 Å². The second-order valence-corrected chi connectivity index (χ2v) is 10.5. The van der Waals surface area contributed by atoms with Gasteiger partial charge in [-0.15, -0.1) is 0 Å². The zero-order valence-electron chi connectivity index (χ0n) is 22.3. The van der Waals surface area contributed by atoms with E-state index in [-0.39, 0.29) is 17.6 Å². The second kappa shape index (κ2) is 10.5. The highest BCUT2D eigenvalue weighted by molar-refractivity contribution is 6.01. The molecule has 0 saturated heterocycles. The molecule has 5 aromatic rings. The number of oxazole rings is 1. The molecule has 5 rings (SSSR count). The van der Waals surface area contributed by atoms with Crippen molar-refractivity contribution in [2.45, 2.75) is 32.6 Å². The summed E-state index contributed by atoms with van der Waals surface area (Å²) >= 11 is 0. The lowest BCUT2D eigenvalue weighted by molar-refractivity contribution is 0.0989. The van der Waals surface area contributed by atoms with E-state index in [0.717, 1.165) is 33.5 Å². The first-order valence-electron chi connectivity index (χ1n) is 12.9. The Balaban J connectivity index is 1.55. The van der Waals surface area contributed by atoms with E-state index in [2.05, 4.69) is 56.4 Å². The number of nitrogens with zero attached hydrogens (tertiary/aromatic N) is 1. The van der Waals surface area contributed by atoms with E-state index in [4.69, 9.17) is 9.40 Å². The highest BCUT2D eigenvalue weighted by Gasteiger charge is 2.24. The van der Waals surface area contributed by atoms with E-state index >= 15 is 0 Å². The summed E-state index contributed by atoms with van der Waals surface area (Å²) in [6, 6.07) is 34.2. The van der Waals surface area contributed by atoms with Gasteiger partial charge in [0, 0.05) is 30.3 Å². The lowest BCUT2D eigenvalue weighted by Crippen LogP contribution is -2.10. The van der Waals surface area contributed by atoms with Crippen molar-refractivity contribution in [3.05, 3.63) is 120 Å². The summed E-state index contributed by atoms with van der Waals surface area (Å²) in [5, 5.41) is 3.13. The molecule has 0 aliphatic carbocycles. The van der Waals surface area contributed by atoms with Crippen molar-refractivity contribution in [2.24, 2.45) is 0 Å². The normalized spacial score (nSPS) is 11.4. The van der Waals surface area contributed by atoms with Gasteiger partial charge < -0.3 is 9.73 Å². The van der Waals surface area contributed by atoms with Crippen LogP contribution in [0.15, 0.2) is 108 Å². The Kier molecular flexibility index (Phi) is 6.97. The van der Waals surface area contributed by atoms with E-state index in [9.17, 15) is 4.79 Å². The summed E-state index contributed by atoms with van der Waals surface area (Å²) in [5.74, 6) is 0.852. The molecule has 0 atom stereocenters. The van der Waals surface area contributed by atoms with E-state index in [1.807, 2.05) is 79.8 Å². The quantitative estimate of drug-likeness (QED) is 0.228. The minimum absolute atomic E-state index is 0.0443. The number of nitrogens with one attached hydrogen (secondary N) is 1. The molecule has 0 amide bonds. The van der Waals surface area contributed by atoms with Crippen LogP contribution < -0.4 is 5.32 Å². The molecule has 0 spiro atoms. The molecule has 4 nitrogen and oxygen atoms in total. The molecule has 0 unspecified atom stereocenters. The van der Waals surface area contributed by atoms with Crippen LogP contribution in [0.2, 0.25) is 0 Å². The highest BCUT2D eigenvalue weighted by Crippen LogP contribution is 2.33. The summed E-state index contributed by atoms with van der Waals surface area (Å²) in [5.41, 5.74) is 7.34. The largest absolute Gasteiger partial charge is 0.435 e. The third-order valence-corrected chi connectivity index (χ3v) is 6.78. The van der Waals surface area contributed by atoms with Gasteiger partial charge in [-0.2, -0.15) is 0 Å². The monoisotopic (exact) mass is 500 g/mol. The van der Waals surface area contributed by atoms with E-state index in [1.165, 1.54) is 5.56 Å². The molecule has 0 aliphatic heterocycles. The Morgan fingerprint density at radius 2 is 1.39 bits per heavy atom. The average Bonchev–Trinajstić information content (AvgIpc) is 3.39. The summed E-state index contributed by atoms with van der Waals surface area (Å²) in [4.78, 5) is 18.6. The van der Waals surface area contributed by atoms with Crippen LogP contribution in [0.3, 0.4) is 0 Å². The predicted octanol–water partition coefficient (Wildman–Crippen LogP) is 8.44. The van der Waals surface area contributed by atoms with Crippen LogP contribution in [0.25, 0.3) is 33.9 Å². The smallest absolute Gasteiger partial charge is 0.227 e. The number of carbonyl (C=O) groups excluding carboxylic acids is 1. The minimum atomic E-state index is -0.0811. The Bertz CT molecular complexity index is 1540. The summed E-state index contributed by atoms with van der Waals surface area (Å²) in [6.45, 7) is 6.55. The van der Waals surface area contributed by atoms with E-state index in [1.54, 1.807) is 0 Å². The number of rotatable bonds is 7. The van der Waals surface area contributed by atoms with Crippen molar-refractivity contribution in [3.63, 3.8) is 0 Å². The number of Topliss-reactive ketones (excluding diaryl/α,β-unsaturated/α-hetero) is 1. The van der Waals surface area contributed by atoms with Gasteiger partial charge in [0.05, 0.1) is 0 Å². The number of aromatic nitrogens is 1. The fourth-order valence-electron chi connectivity index (χ4n) is 4.56. The maximum atomic E-state index is 13.8. The van der Waals surface area contributed by atoms with Gasteiger partial charge in [-0.3, -0.25) is 4.79 Å². The molecular formula is C34H32N2O2. The van der Waals surface area contributed by atoms with Crippen molar-refractivity contribution in [1.82, 2.24) is 4.98 Å². The Morgan fingerprint density at radius 3 is 2.05 bits per heavy atom. The first kappa shape index (κ1) is 25.2. The first-order valence-corrected chi connectivity index (χ1v) is 12.9. The van der Waals surface area contributed by atoms with Crippen LogP contribution in [0.5, 0.6) is 0 Å². The number of carbonyl (C=O) groups is 1. The molecule has 0 fully saturated rings. The minimum Gasteiger partial charge on any atom is -0.435 e. The van der Waals surface area contributed by atoms with Crippen molar-refractivity contribution in [3.8, 4) is 33.9 Å². The van der Waals surface area contributed by atoms with Crippen LogP contribution in [-0.2, 0) is 11.8 Å². The lowest BCUT2D eigenvalue weighted by atomic mass is 9.87. The van der Waals surface area contributed by atoms with Crippen LogP contribution in [0, 0.1) is 0 Å². The molecule has 4 aromatic carbocycles. The molecular weight excluding hydrogens is 468 g/mol. The van der Waals surface area contributed by atoms with Gasteiger partial charge in [0.2, 0.25) is 5.89 Å². The second-order valence-electron chi connectivity index (χ2n) is 10.5. The molecule has 1 N–H and O–H groups in total. The van der Waals surface area contributed by atoms with E-state index < -0.39 is 0 Å². The summed E-state index contributed by atoms with van der Waals surface area (Å²) in [6.07, 6.45) is 0.224. The fraction of sp³-hybridized carbons (Fsp3) is 0.176. The standard InChI is InChI=1S/C34H32N2O2/c1-34(2,3)27-18-14-25(15-19-27)33-36-31(32(38-33)24-16-20-28(35-4)21-17-24)30(37)22-26-12-8-9-13-29(26)23-10-6-5-7-11-23/h5-21,35H,22H2,1-4H3. The molecule has 0 saturated carbocycles. The van der Waals surface area contributed by atoms with Crippen LogP contribution >= 0.6 is 0 Å². The topological polar surface area (TPSA) is 55.1 Å². The SMILES string of the molecule is CNc1ccc(-c2oc(-c3ccc(C(C)(C)C)cc3)nc2C(=O)Cc2ccccc2-c2ccccc2)cc1. The third-order valence-electron chi connectivity index (χ3n) is 6.78. The molecule has 1 aromatic heterocycles. The predicted molar refractivity (Wildman–Crippen MR) is 156 cm³/mol. The summed E-state index contributed by atoms with van der Waals surface area (Å²) in [7, 11) is 1.88. The van der Waals surface area contributed by atoms with Crippen molar-refractivity contribution < 1.29 is 9.21 Å². The molecule has 0 radical (unpaired) electrons. The number of anilines is 1. The molecule has 4 heteroatoms. The number of ketones is 1. The molecule has 190 valence electrons. The molecule has 0 bridgehead atoms. The fourth-order valence-corrected chi connectivity index (χ4v) is 4.56. The number of hydrogen-bond acceptors (Lipinski definition) is 4. The van der Waals surface area contributed by atoms with Gasteiger partial charge in [0.15, 0.2) is 17.2 Å². The average molecular weight is 501 g/mol. The van der Waals surface area contributed by atoms with Crippen molar-refractivity contribution in [1.29, 1.82) is 0 Å². The summed E-state index contributed by atoms with van der Waals surface area (Å²) < 4.78 is 6.31. The van der Waals surface area contributed by atoms with Gasteiger partial charge in [-0.1, -0.05) is 87.5 Å². The third kappa shape index (κ3) is 5.30.